The molecular weight excluding hydrogens is 293 g/mol. The number of nitrogens with one attached hydrogen (secondary N) is 1. The lowest BCUT2D eigenvalue weighted by Gasteiger charge is -2.11. The maximum Gasteiger partial charge on any atom is 0.270 e. The number of aromatic nitrogens is 2. The molecule has 108 valence electrons. The lowest BCUT2D eigenvalue weighted by Crippen LogP contribution is -2.15. The molecule has 0 saturated heterocycles. The number of rotatable bonds is 4. The van der Waals surface area contributed by atoms with Gasteiger partial charge in [0.2, 0.25) is 0 Å². The van der Waals surface area contributed by atoms with Crippen molar-refractivity contribution in [3.8, 4) is 23.1 Å². The monoisotopic (exact) mass is 305 g/mol. The summed E-state index contributed by atoms with van der Waals surface area (Å²) >= 11 is 1.24. The van der Waals surface area contributed by atoms with Crippen LogP contribution in [0.25, 0.3) is 11.3 Å². The van der Waals surface area contributed by atoms with Gasteiger partial charge in [0.25, 0.3) is 5.56 Å². The van der Waals surface area contributed by atoms with E-state index in [0.717, 1.165) is 0 Å². The Morgan fingerprint density at radius 3 is 2.90 bits per heavy atom. The van der Waals surface area contributed by atoms with E-state index in [4.69, 9.17) is 10.00 Å². The van der Waals surface area contributed by atoms with Crippen LogP contribution in [0.3, 0.4) is 0 Å². The van der Waals surface area contributed by atoms with Crippen LogP contribution >= 0.6 is 11.8 Å². The second kappa shape index (κ2) is 6.41. The van der Waals surface area contributed by atoms with Crippen molar-refractivity contribution in [1.82, 2.24) is 9.97 Å². The molecule has 1 aromatic heterocycles. The number of ether oxygens (including phenoxy) is 1. The van der Waals surface area contributed by atoms with Crippen molar-refractivity contribution >= 4 is 11.8 Å². The molecule has 0 aliphatic rings. The first-order valence-corrected chi connectivity index (χ1v) is 7.34. The molecule has 2 rings (SSSR count). The van der Waals surface area contributed by atoms with Gasteiger partial charge in [0, 0.05) is 11.6 Å². The molecule has 21 heavy (non-hydrogen) atoms. The van der Waals surface area contributed by atoms with Gasteiger partial charge < -0.3 is 9.72 Å². The smallest absolute Gasteiger partial charge is 0.270 e. The fourth-order valence-electron chi connectivity index (χ4n) is 1.81. The van der Waals surface area contributed by atoms with E-state index in [1.54, 1.807) is 13.2 Å². The standard InChI is InChI=1S/C14H12FN3O2S/c1-3-20-11-6-8(15)4-5-9(11)12-10(7-16)13(19)18-14(17-12)21-2/h4-6H,3H2,1-2H3,(H,17,18,19). The van der Waals surface area contributed by atoms with Crippen LogP contribution in [0.4, 0.5) is 4.39 Å². The maximum absolute atomic E-state index is 13.4. The summed E-state index contributed by atoms with van der Waals surface area (Å²) in [7, 11) is 0. The number of thioether (sulfide) groups is 1. The lowest BCUT2D eigenvalue weighted by molar-refractivity contribution is 0.339. The van der Waals surface area contributed by atoms with Gasteiger partial charge in [-0.25, -0.2) is 9.37 Å². The van der Waals surface area contributed by atoms with E-state index in [9.17, 15) is 9.18 Å². The molecule has 7 heteroatoms. The molecule has 1 N–H and O–H groups in total. The number of halogens is 1. The van der Waals surface area contributed by atoms with Crippen molar-refractivity contribution in [3.05, 3.63) is 39.9 Å². The fourth-order valence-corrected chi connectivity index (χ4v) is 2.19. The average molecular weight is 305 g/mol. The van der Waals surface area contributed by atoms with Crippen LogP contribution in [0, 0.1) is 17.1 Å². The Hall–Kier alpha value is -2.33. The first kappa shape index (κ1) is 15.1. The highest BCUT2D eigenvalue weighted by Crippen LogP contribution is 2.31. The van der Waals surface area contributed by atoms with Crippen LogP contribution in [0.5, 0.6) is 5.75 Å². The summed E-state index contributed by atoms with van der Waals surface area (Å²) in [4.78, 5) is 18.7. The lowest BCUT2D eigenvalue weighted by atomic mass is 10.1. The molecule has 5 nitrogen and oxygen atoms in total. The zero-order chi connectivity index (χ0) is 15.4. The van der Waals surface area contributed by atoms with Crippen LogP contribution in [0.15, 0.2) is 28.2 Å². The Morgan fingerprint density at radius 2 is 2.29 bits per heavy atom. The van der Waals surface area contributed by atoms with E-state index in [1.165, 1.54) is 30.0 Å². The van der Waals surface area contributed by atoms with Gasteiger partial charge in [0.1, 0.15) is 28.9 Å². The van der Waals surface area contributed by atoms with Gasteiger partial charge in [-0.1, -0.05) is 11.8 Å². The van der Waals surface area contributed by atoms with Gasteiger partial charge >= 0.3 is 0 Å². The molecular formula is C14H12FN3O2S. The number of H-pyrrole nitrogens is 1. The molecule has 2 aromatic rings. The average Bonchev–Trinajstić information content (AvgIpc) is 2.47. The third kappa shape index (κ3) is 3.06. The summed E-state index contributed by atoms with van der Waals surface area (Å²) in [6.45, 7) is 2.09. The molecule has 0 unspecified atom stereocenters. The van der Waals surface area contributed by atoms with E-state index in [-0.39, 0.29) is 17.0 Å². The molecule has 0 bridgehead atoms. The minimum absolute atomic E-state index is 0.125. The van der Waals surface area contributed by atoms with Crippen molar-refractivity contribution in [2.45, 2.75) is 12.1 Å². The number of hydrogen-bond acceptors (Lipinski definition) is 5. The Kier molecular flexibility index (Phi) is 4.60. The number of nitriles is 1. The molecule has 0 amide bonds. The zero-order valence-corrected chi connectivity index (χ0v) is 12.3. The van der Waals surface area contributed by atoms with Crippen LogP contribution < -0.4 is 10.3 Å². The summed E-state index contributed by atoms with van der Waals surface area (Å²) in [5.74, 6) is -0.213. The normalized spacial score (nSPS) is 10.2. The Bertz CT molecular complexity index is 768. The predicted molar refractivity (Wildman–Crippen MR) is 77.9 cm³/mol. The Morgan fingerprint density at radius 1 is 1.52 bits per heavy atom. The molecule has 0 atom stereocenters. The van der Waals surface area contributed by atoms with Crippen molar-refractivity contribution < 1.29 is 9.13 Å². The Balaban J connectivity index is 2.74. The SMILES string of the molecule is CCOc1cc(F)ccc1-c1nc(SC)[nH]c(=O)c1C#N. The second-order valence-electron chi connectivity index (χ2n) is 3.98. The zero-order valence-electron chi connectivity index (χ0n) is 11.4. The van der Waals surface area contributed by atoms with Gasteiger partial charge in [-0.2, -0.15) is 5.26 Å². The van der Waals surface area contributed by atoms with Crippen molar-refractivity contribution in [2.75, 3.05) is 12.9 Å². The predicted octanol–water partition coefficient (Wildman–Crippen LogP) is 2.57. The fraction of sp³-hybridized carbons (Fsp3) is 0.214. The summed E-state index contributed by atoms with van der Waals surface area (Å²) < 4.78 is 18.7. The first-order chi connectivity index (χ1) is 10.1. The minimum atomic E-state index is -0.529. The van der Waals surface area contributed by atoms with E-state index in [2.05, 4.69) is 9.97 Å². The summed E-state index contributed by atoms with van der Waals surface area (Å²) in [5.41, 5.74) is -0.0516. The van der Waals surface area contributed by atoms with Crippen molar-refractivity contribution in [1.29, 1.82) is 5.26 Å². The third-order valence-electron chi connectivity index (χ3n) is 2.70. The van der Waals surface area contributed by atoms with E-state index in [1.807, 2.05) is 6.07 Å². The minimum Gasteiger partial charge on any atom is -0.493 e. The van der Waals surface area contributed by atoms with Crippen molar-refractivity contribution in [2.24, 2.45) is 0 Å². The second-order valence-corrected chi connectivity index (χ2v) is 4.78. The van der Waals surface area contributed by atoms with E-state index in [0.29, 0.717) is 17.3 Å². The maximum atomic E-state index is 13.4. The molecule has 0 saturated carbocycles. The molecule has 0 aliphatic carbocycles. The molecule has 1 heterocycles. The number of aromatic amines is 1. The van der Waals surface area contributed by atoms with Gasteiger partial charge in [-0.3, -0.25) is 4.79 Å². The highest BCUT2D eigenvalue weighted by Gasteiger charge is 2.17. The highest BCUT2D eigenvalue weighted by atomic mass is 32.2. The topological polar surface area (TPSA) is 78.8 Å². The summed E-state index contributed by atoms with van der Waals surface area (Å²) in [5, 5.41) is 9.54. The van der Waals surface area contributed by atoms with Gasteiger partial charge in [-0.05, 0) is 25.3 Å². The first-order valence-electron chi connectivity index (χ1n) is 6.11. The molecule has 0 radical (unpaired) electrons. The van der Waals surface area contributed by atoms with E-state index >= 15 is 0 Å². The summed E-state index contributed by atoms with van der Waals surface area (Å²) in [6, 6.07) is 5.73. The quantitative estimate of drug-likeness (QED) is 0.694. The van der Waals surface area contributed by atoms with Gasteiger partial charge in [-0.15, -0.1) is 0 Å². The molecule has 0 fully saturated rings. The van der Waals surface area contributed by atoms with Crippen LogP contribution in [0.1, 0.15) is 12.5 Å². The van der Waals surface area contributed by atoms with E-state index < -0.39 is 11.4 Å². The van der Waals surface area contributed by atoms with Crippen LogP contribution in [-0.4, -0.2) is 22.8 Å². The number of hydrogen-bond donors (Lipinski definition) is 1. The van der Waals surface area contributed by atoms with Crippen LogP contribution in [-0.2, 0) is 0 Å². The largest absolute Gasteiger partial charge is 0.493 e. The Labute approximate surface area is 124 Å². The van der Waals surface area contributed by atoms with Gasteiger partial charge in [0.15, 0.2) is 5.16 Å². The molecule has 0 spiro atoms. The van der Waals surface area contributed by atoms with Crippen LogP contribution in [0.2, 0.25) is 0 Å². The third-order valence-corrected chi connectivity index (χ3v) is 3.28. The molecule has 0 aliphatic heterocycles. The molecule has 1 aromatic carbocycles. The van der Waals surface area contributed by atoms with Gasteiger partial charge in [0.05, 0.1) is 6.61 Å². The highest BCUT2D eigenvalue weighted by molar-refractivity contribution is 7.98. The van der Waals surface area contributed by atoms with Crippen molar-refractivity contribution in [3.63, 3.8) is 0 Å². The summed E-state index contributed by atoms with van der Waals surface area (Å²) in [6.07, 6.45) is 1.75. The number of nitrogens with zero attached hydrogens (tertiary/aromatic N) is 2. The number of benzene rings is 1.